The first-order chi connectivity index (χ1) is 10.9. The Balaban J connectivity index is 2.10. The van der Waals surface area contributed by atoms with Gasteiger partial charge in [0.2, 0.25) is 0 Å². The van der Waals surface area contributed by atoms with E-state index in [2.05, 4.69) is 17.4 Å². The number of ether oxygens (including phenoxy) is 2. The smallest absolute Gasteiger partial charge is 0.407 e. The second-order valence-corrected chi connectivity index (χ2v) is 6.19. The minimum Gasteiger partial charge on any atom is -0.496 e. The number of amides is 1. The number of hydrogen-bond donors (Lipinski definition) is 1. The molecular weight excluding hydrogens is 290 g/mol. The zero-order valence-corrected chi connectivity index (χ0v) is 14.1. The molecule has 0 aromatic heterocycles. The highest BCUT2D eigenvalue weighted by Crippen LogP contribution is 2.28. The molecule has 4 heteroatoms. The Bertz CT molecular complexity index is 714. The van der Waals surface area contributed by atoms with E-state index in [0.717, 1.165) is 22.1 Å². The zero-order valence-electron chi connectivity index (χ0n) is 14.1. The van der Waals surface area contributed by atoms with Crippen molar-refractivity contribution in [3.05, 3.63) is 48.0 Å². The number of hydrogen-bond acceptors (Lipinski definition) is 3. The van der Waals surface area contributed by atoms with Crippen LogP contribution in [0.1, 0.15) is 26.3 Å². The maximum atomic E-state index is 11.6. The molecule has 4 nitrogen and oxygen atoms in total. The molecule has 0 aliphatic carbocycles. The Kier molecular flexibility index (Phi) is 5.27. The normalized spacial score (nSPS) is 11.7. The van der Waals surface area contributed by atoms with Crippen LogP contribution in [0.5, 0.6) is 5.75 Å². The Morgan fingerprint density at radius 3 is 2.61 bits per heavy atom. The summed E-state index contributed by atoms with van der Waals surface area (Å²) >= 11 is 0. The van der Waals surface area contributed by atoms with Gasteiger partial charge in [0, 0.05) is 12.1 Å². The number of carbonyl (C=O) groups excluding carboxylic acids is 1. The first kappa shape index (κ1) is 16.9. The van der Waals surface area contributed by atoms with Gasteiger partial charge < -0.3 is 14.8 Å². The second kappa shape index (κ2) is 7.18. The van der Waals surface area contributed by atoms with Crippen molar-refractivity contribution in [1.29, 1.82) is 0 Å². The Labute approximate surface area is 137 Å². The Hall–Kier alpha value is -2.49. The number of methoxy groups -OCH3 is 1. The molecule has 0 atom stereocenters. The van der Waals surface area contributed by atoms with Gasteiger partial charge >= 0.3 is 6.09 Å². The van der Waals surface area contributed by atoms with Gasteiger partial charge in [0.1, 0.15) is 11.4 Å². The summed E-state index contributed by atoms with van der Waals surface area (Å²) < 4.78 is 10.6. The zero-order chi connectivity index (χ0) is 16.9. The molecule has 1 N–H and O–H groups in total. The van der Waals surface area contributed by atoms with Crippen LogP contribution in [-0.2, 0) is 4.74 Å². The van der Waals surface area contributed by atoms with Crippen LogP contribution in [0.3, 0.4) is 0 Å². The SMILES string of the molecule is COc1ccc2ccccc2c1C=CCNC(=O)OC(C)(C)C. The lowest BCUT2D eigenvalue weighted by Gasteiger charge is -2.19. The highest BCUT2D eigenvalue weighted by molar-refractivity contribution is 5.93. The minimum absolute atomic E-state index is 0.390. The maximum absolute atomic E-state index is 11.6. The molecule has 2 rings (SSSR count). The van der Waals surface area contributed by atoms with Crippen LogP contribution in [0.15, 0.2) is 42.5 Å². The number of nitrogens with one attached hydrogen (secondary N) is 1. The largest absolute Gasteiger partial charge is 0.496 e. The van der Waals surface area contributed by atoms with Crippen LogP contribution < -0.4 is 10.1 Å². The lowest BCUT2D eigenvalue weighted by atomic mass is 10.0. The summed E-state index contributed by atoms with van der Waals surface area (Å²) in [5.74, 6) is 0.803. The summed E-state index contributed by atoms with van der Waals surface area (Å²) in [4.78, 5) is 11.6. The van der Waals surface area contributed by atoms with Gasteiger partial charge in [-0.3, -0.25) is 0 Å². The average molecular weight is 313 g/mol. The molecule has 2 aromatic rings. The molecule has 0 unspecified atom stereocenters. The number of benzene rings is 2. The third kappa shape index (κ3) is 4.74. The fraction of sp³-hybridized carbons (Fsp3) is 0.316. The van der Waals surface area contributed by atoms with Crippen LogP contribution in [-0.4, -0.2) is 25.3 Å². The molecule has 0 spiro atoms. The molecule has 122 valence electrons. The lowest BCUT2D eigenvalue weighted by molar-refractivity contribution is 0.0534. The molecule has 0 bridgehead atoms. The van der Waals surface area contributed by atoms with Gasteiger partial charge in [0.25, 0.3) is 0 Å². The van der Waals surface area contributed by atoms with E-state index in [0.29, 0.717) is 6.54 Å². The quantitative estimate of drug-likeness (QED) is 0.911. The molecular formula is C19H23NO3. The van der Waals surface area contributed by atoms with Crippen LogP contribution >= 0.6 is 0 Å². The van der Waals surface area contributed by atoms with E-state index in [1.54, 1.807) is 7.11 Å². The average Bonchev–Trinajstić information content (AvgIpc) is 2.49. The van der Waals surface area contributed by atoms with Crippen LogP contribution in [0.4, 0.5) is 4.79 Å². The molecule has 0 saturated heterocycles. The summed E-state index contributed by atoms with van der Waals surface area (Å²) in [5.41, 5.74) is 0.503. The third-order valence-electron chi connectivity index (χ3n) is 3.20. The minimum atomic E-state index is -0.493. The van der Waals surface area contributed by atoms with E-state index in [-0.39, 0.29) is 0 Å². The predicted octanol–water partition coefficient (Wildman–Crippen LogP) is 4.39. The van der Waals surface area contributed by atoms with E-state index in [4.69, 9.17) is 9.47 Å². The second-order valence-electron chi connectivity index (χ2n) is 6.19. The highest BCUT2D eigenvalue weighted by atomic mass is 16.6. The Morgan fingerprint density at radius 1 is 1.17 bits per heavy atom. The van der Waals surface area contributed by atoms with Gasteiger partial charge in [-0.1, -0.05) is 42.5 Å². The van der Waals surface area contributed by atoms with Crippen molar-refractivity contribution in [2.45, 2.75) is 26.4 Å². The van der Waals surface area contributed by atoms with Crippen molar-refractivity contribution in [2.24, 2.45) is 0 Å². The van der Waals surface area contributed by atoms with Crippen LogP contribution in [0.2, 0.25) is 0 Å². The van der Waals surface area contributed by atoms with Crippen molar-refractivity contribution < 1.29 is 14.3 Å². The molecule has 0 aliphatic heterocycles. The Morgan fingerprint density at radius 2 is 1.91 bits per heavy atom. The molecule has 0 fully saturated rings. The van der Waals surface area contributed by atoms with Gasteiger partial charge in [0.05, 0.1) is 7.11 Å². The first-order valence-corrected chi connectivity index (χ1v) is 7.60. The monoisotopic (exact) mass is 313 g/mol. The van der Waals surface area contributed by atoms with Crippen LogP contribution in [0, 0.1) is 0 Å². The number of carbonyl (C=O) groups is 1. The first-order valence-electron chi connectivity index (χ1n) is 7.60. The topological polar surface area (TPSA) is 47.6 Å². The summed E-state index contributed by atoms with van der Waals surface area (Å²) in [6.07, 6.45) is 3.42. The van der Waals surface area contributed by atoms with E-state index in [1.165, 1.54) is 0 Å². The van der Waals surface area contributed by atoms with Crippen LogP contribution in [0.25, 0.3) is 16.8 Å². The van der Waals surface area contributed by atoms with Crippen molar-refractivity contribution in [3.63, 3.8) is 0 Å². The van der Waals surface area contributed by atoms with Crippen molar-refractivity contribution in [2.75, 3.05) is 13.7 Å². The molecule has 0 radical (unpaired) electrons. The molecule has 0 heterocycles. The molecule has 0 aliphatic rings. The van der Waals surface area contributed by atoms with Crippen molar-refractivity contribution >= 4 is 22.9 Å². The van der Waals surface area contributed by atoms with E-state index in [1.807, 2.05) is 57.2 Å². The highest BCUT2D eigenvalue weighted by Gasteiger charge is 2.15. The number of alkyl carbamates (subject to hydrolysis) is 1. The van der Waals surface area contributed by atoms with Gasteiger partial charge in [-0.25, -0.2) is 4.79 Å². The molecule has 0 saturated carbocycles. The number of fused-ring (bicyclic) bond motifs is 1. The summed E-state index contributed by atoms with van der Waals surface area (Å²) in [6.45, 7) is 5.90. The lowest BCUT2D eigenvalue weighted by Crippen LogP contribution is -2.32. The number of rotatable bonds is 4. The third-order valence-corrected chi connectivity index (χ3v) is 3.20. The maximum Gasteiger partial charge on any atom is 0.407 e. The summed E-state index contributed by atoms with van der Waals surface area (Å²) in [7, 11) is 1.65. The predicted molar refractivity (Wildman–Crippen MR) is 93.8 cm³/mol. The van der Waals surface area contributed by atoms with Gasteiger partial charge in [-0.2, -0.15) is 0 Å². The fourth-order valence-corrected chi connectivity index (χ4v) is 2.26. The van der Waals surface area contributed by atoms with E-state index >= 15 is 0 Å². The fourth-order valence-electron chi connectivity index (χ4n) is 2.26. The van der Waals surface area contributed by atoms with Crippen molar-refractivity contribution in [1.82, 2.24) is 5.32 Å². The van der Waals surface area contributed by atoms with Gasteiger partial charge in [-0.15, -0.1) is 0 Å². The molecule has 1 amide bonds. The summed E-state index contributed by atoms with van der Waals surface area (Å²) in [6, 6.07) is 12.1. The van der Waals surface area contributed by atoms with Gasteiger partial charge in [0.15, 0.2) is 0 Å². The van der Waals surface area contributed by atoms with E-state index < -0.39 is 11.7 Å². The molecule has 23 heavy (non-hydrogen) atoms. The summed E-state index contributed by atoms with van der Waals surface area (Å²) in [5, 5.41) is 4.96. The van der Waals surface area contributed by atoms with Gasteiger partial charge in [-0.05, 0) is 37.6 Å². The van der Waals surface area contributed by atoms with Crippen molar-refractivity contribution in [3.8, 4) is 5.75 Å². The molecule has 2 aromatic carbocycles. The standard InChI is InChI=1S/C19H23NO3/c1-19(2,3)23-18(21)20-13-7-10-16-15-9-6-5-8-14(15)11-12-17(16)22-4/h5-12H,13H2,1-4H3,(H,20,21). The van der Waals surface area contributed by atoms with E-state index in [9.17, 15) is 4.79 Å².